The minimum atomic E-state index is -5.19. The molecule has 3 aromatic carbocycles. The van der Waals surface area contributed by atoms with Crippen molar-refractivity contribution in [3.05, 3.63) is 92.6 Å². The van der Waals surface area contributed by atoms with E-state index in [-0.39, 0.29) is 0 Å². The molecule has 16 heteroatoms. The van der Waals surface area contributed by atoms with Crippen molar-refractivity contribution in [1.29, 1.82) is 0 Å². The number of rotatable bonds is 3. The Labute approximate surface area is 201 Å². The van der Waals surface area contributed by atoms with E-state index in [9.17, 15) is 53.3 Å². The summed E-state index contributed by atoms with van der Waals surface area (Å²) in [6.07, 6.45) is -2.60. The third kappa shape index (κ3) is 3.12. The monoisotopic (exact) mass is 558 g/mol. The highest BCUT2D eigenvalue weighted by molar-refractivity contribution is 6.61. The first-order chi connectivity index (χ1) is 17.6. The van der Waals surface area contributed by atoms with Crippen molar-refractivity contribution in [3.63, 3.8) is 0 Å². The Morgan fingerprint density at radius 3 is 1.76 bits per heavy atom. The molecule has 198 valence electrons. The predicted molar refractivity (Wildman–Crippen MR) is 102 cm³/mol. The topological polar surface area (TPSA) is 29.5 Å². The van der Waals surface area contributed by atoms with Crippen LogP contribution >= 0.6 is 0 Å². The van der Waals surface area contributed by atoms with E-state index in [0.717, 1.165) is 0 Å². The second-order valence-electron chi connectivity index (χ2n) is 8.04. The van der Waals surface area contributed by atoms with Gasteiger partial charge in [0, 0.05) is 22.2 Å². The van der Waals surface area contributed by atoms with Crippen molar-refractivity contribution in [2.45, 2.75) is 12.0 Å². The van der Waals surface area contributed by atoms with Gasteiger partial charge in [0.2, 0.25) is 0 Å². The van der Waals surface area contributed by atoms with Gasteiger partial charge in [-0.15, -0.1) is 0 Å². The normalized spacial score (nSPS) is 17.2. The minimum absolute atomic E-state index is 0.345. The maximum Gasteiger partial charge on any atom is 0.495 e. The molecule has 2 aliphatic rings. The molecule has 2 nitrogen and oxygen atoms in total. The summed E-state index contributed by atoms with van der Waals surface area (Å²) in [5.74, 6) is -31.9. The molecule has 2 aliphatic carbocycles. The highest BCUT2D eigenvalue weighted by Crippen LogP contribution is 2.55. The second-order valence-corrected chi connectivity index (χ2v) is 8.04. The van der Waals surface area contributed by atoms with Crippen LogP contribution in [0.4, 0.5) is 57.1 Å². The van der Waals surface area contributed by atoms with Crippen LogP contribution in [0.15, 0.2) is 18.0 Å². The van der Waals surface area contributed by atoms with Gasteiger partial charge < -0.3 is 9.68 Å². The summed E-state index contributed by atoms with van der Waals surface area (Å²) in [6, 6.07) is 0.877. The minimum Gasteiger partial charge on any atom is -0.423 e. The summed E-state index contributed by atoms with van der Waals surface area (Å²) in [5.41, 5.74) is -13.1. The summed E-state index contributed by atoms with van der Waals surface area (Å²) in [7, 11) is -3.34. The Morgan fingerprint density at radius 2 is 1.16 bits per heavy atom. The molecule has 0 bridgehead atoms. The van der Waals surface area contributed by atoms with E-state index >= 15 is 8.78 Å². The lowest BCUT2D eigenvalue weighted by atomic mass is 9.73. The largest absolute Gasteiger partial charge is 0.495 e. The molecule has 5 rings (SSSR count). The van der Waals surface area contributed by atoms with Crippen LogP contribution in [-0.4, -0.2) is 12.1 Å². The third-order valence-corrected chi connectivity index (χ3v) is 6.09. The second kappa shape index (κ2) is 8.24. The molecule has 0 radical (unpaired) electrons. The molecule has 0 spiro atoms. The van der Waals surface area contributed by atoms with Crippen molar-refractivity contribution in [3.8, 4) is 11.1 Å². The molecule has 0 heterocycles. The Bertz CT molecular complexity index is 1620. The fourth-order valence-corrected chi connectivity index (χ4v) is 4.47. The standard InChI is InChI=1S/C22H4BF13O2/c24-4-2-1-3-5(11(4)25)12(26)20(34)21(3)38-23(37)10-8-6(13(27)17(31)16(10)30)7-9(22(8,35)36)15(29)19(33)18(32)14(7)28/h1-2,21,37H. The average molecular weight is 558 g/mol. The van der Waals surface area contributed by atoms with Crippen LogP contribution in [0.3, 0.4) is 0 Å². The van der Waals surface area contributed by atoms with E-state index < -0.39 is 122 Å². The van der Waals surface area contributed by atoms with Crippen LogP contribution in [0.25, 0.3) is 17.0 Å². The summed E-state index contributed by atoms with van der Waals surface area (Å²) in [5, 5.41) is 10.4. The molecule has 1 N–H and O–H groups in total. The van der Waals surface area contributed by atoms with Crippen molar-refractivity contribution < 1.29 is 66.8 Å². The molecular formula is C22H4BF13O2. The van der Waals surface area contributed by atoms with Gasteiger partial charge in [-0.05, 0) is 11.6 Å². The first-order valence-electron chi connectivity index (χ1n) is 9.96. The molecule has 0 amide bonds. The molecular weight excluding hydrogens is 554 g/mol. The van der Waals surface area contributed by atoms with E-state index in [1.165, 1.54) is 0 Å². The molecule has 38 heavy (non-hydrogen) atoms. The first kappa shape index (κ1) is 26.1. The van der Waals surface area contributed by atoms with Gasteiger partial charge in [-0.25, -0.2) is 48.3 Å². The maximum atomic E-state index is 15.2. The van der Waals surface area contributed by atoms with Crippen LogP contribution in [0.1, 0.15) is 28.4 Å². The van der Waals surface area contributed by atoms with E-state index in [1.807, 2.05) is 0 Å². The Balaban J connectivity index is 1.74. The van der Waals surface area contributed by atoms with E-state index in [4.69, 9.17) is 0 Å². The number of halogens is 13. The highest BCUT2D eigenvalue weighted by Gasteiger charge is 2.56. The number of alkyl halides is 2. The van der Waals surface area contributed by atoms with Crippen molar-refractivity contribution in [2.75, 3.05) is 0 Å². The van der Waals surface area contributed by atoms with E-state index in [0.29, 0.717) is 12.1 Å². The fourth-order valence-electron chi connectivity index (χ4n) is 4.47. The Morgan fingerprint density at radius 1 is 0.632 bits per heavy atom. The van der Waals surface area contributed by atoms with Gasteiger partial charge in [0.05, 0.1) is 11.1 Å². The van der Waals surface area contributed by atoms with Gasteiger partial charge in [0.1, 0.15) is 6.10 Å². The molecule has 1 unspecified atom stereocenters. The average Bonchev–Trinajstić information content (AvgIpc) is 3.25. The van der Waals surface area contributed by atoms with Gasteiger partial charge in [-0.2, -0.15) is 8.78 Å². The zero-order valence-corrected chi connectivity index (χ0v) is 17.6. The summed E-state index contributed by atoms with van der Waals surface area (Å²) >= 11 is 0. The summed E-state index contributed by atoms with van der Waals surface area (Å²) < 4.78 is 191. The first-order valence-corrected chi connectivity index (χ1v) is 9.96. The predicted octanol–water partition coefficient (Wildman–Crippen LogP) is 6.13. The lowest BCUT2D eigenvalue weighted by Crippen LogP contribution is -2.43. The maximum absolute atomic E-state index is 15.2. The molecule has 3 aromatic rings. The fraction of sp³-hybridized carbons (Fsp3) is 0.0909. The lowest BCUT2D eigenvalue weighted by Gasteiger charge is -2.22. The van der Waals surface area contributed by atoms with Crippen molar-refractivity contribution >= 4 is 18.4 Å². The van der Waals surface area contributed by atoms with Gasteiger partial charge in [-0.1, -0.05) is 6.07 Å². The molecule has 0 saturated heterocycles. The van der Waals surface area contributed by atoms with E-state index in [1.54, 1.807) is 0 Å². The van der Waals surface area contributed by atoms with Crippen LogP contribution in [0.5, 0.6) is 0 Å². The van der Waals surface area contributed by atoms with Crippen LogP contribution in [0, 0.1) is 52.4 Å². The lowest BCUT2D eigenvalue weighted by molar-refractivity contribution is 0.0430. The van der Waals surface area contributed by atoms with E-state index in [2.05, 4.69) is 4.65 Å². The van der Waals surface area contributed by atoms with Crippen molar-refractivity contribution in [2.24, 2.45) is 0 Å². The Kier molecular flexibility index (Phi) is 5.66. The van der Waals surface area contributed by atoms with Crippen LogP contribution < -0.4 is 5.46 Å². The zero-order chi connectivity index (χ0) is 28.2. The zero-order valence-electron chi connectivity index (χ0n) is 17.6. The number of hydrogen-bond donors (Lipinski definition) is 1. The molecule has 0 aliphatic heterocycles. The third-order valence-electron chi connectivity index (χ3n) is 6.09. The Hall–Kier alpha value is -3.53. The summed E-state index contributed by atoms with van der Waals surface area (Å²) in [6.45, 7) is 0. The quantitative estimate of drug-likeness (QED) is 0.182. The smallest absolute Gasteiger partial charge is 0.423 e. The van der Waals surface area contributed by atoms with Crippen LogP contribution in [0.2, 0.25) is 0 Å². The molecule has 1 atom stereocenters. The van der Waals surface area contributed by atoms with Gasteiger partial charge in [-0.3, -0.25) is 0 Å². The van der Waals surface area contributed by atoms with Gasteiger partial charge in [0.25, 0.3) is 0 Å². The number of fused-ring (bicyclic) bond motifs is 4. The summed E-state index contributed by atoms with van der Waals surface area (Å²) in [4.78, 5) is 0. The van der Waals surface area contributed by atoms with Crippen LogP contribution in [-0.2, 0) is 10.6 Å². The van der Waals surface area contributed by atoms with Gasteiger partial charge >= 0.3 is 13.0 Å². The number of hydrogen-bond acceptors (Lipinski definition) is 2. The molecule has 0 saturated carbocycles. The molecule has 0 fully saturated rings. The number of benzene rings is 3. The SMILES string of the molecule is OB(OC1C(F)=C(F)c2c1ccc(F)c2F)c1c(F)c(F)c(F)c2c1C(F)(F)c1c(F)c(F)c(F)c(F)c1-2. The van der Waals surface area contributed by atoms with Gasteiger partial charge in [0.15, 0.2) is 64.0 Å². The molecule has 0 aromatic heterocycles. The highest BCUT2D eigenvalue weighted by atomic mass is 19.3. The van der Waals surface area contributed by atoms with Crippen molar-refractivity contribution in [1.82, 2.24) is 0 Å².